The van der Waals surface area contributed by atoms with Gasteiger partial charge in [-0.3, -0.25) is 0 Å². The van der Waals surface area contributed by atoms with Gasteiger partial charge in [0.2, 0.25) is 0 Å². The molecule has 0 spiro atoms. The number of rotatable bonds is 2. The molecule has 0 aliphatic heterocycles. The van der Waals surface area contributed by atoms with Crippen LogP contribution in [0.1, 0.15) is 18.9 Å². The summed E-state index contributed by atoms with van der Waals surface area (Å²) in [5, 5.41) is 0. The summed E-state index contributed by atoms with van der Waals surface area (Å²) in [4.78, 5) is 4.63. The van der Waals surface area contributed by atoms with Crippen LogP contribution in [0.25, 0.3) is 22.4 Å². The van der Waals surface area contributed by atoms with Gasteiger partial charge in [-0.2, -0.15) is 0 Å². The number of halogens is 2. The van der Waals surface area contributed by atoms with Crippen LogP contribution in [0.4, 0.5) is 10.1 Å². The number of hydrogen-bond acceptors (Lipinski definition) is 2. The standard InChI is InChI=1S/C16H13BrFN3/c17-12-5-1-9(7-13(12)19)16-20-14-8-10(18)2-6-15(14)21(16)11-3-4-11/h1-2,5-8,11H,3-4,19H2. The minimum atomic E-state index is -0.259. The lowest BCUT2D eigenvalue weighted by Crippen LogP contribution is -1.98. The zero-order chi connectivity index (χ0) is 14.6. The molecule has 1 fully saturated rings. The van der Waals surface area contributed by atoms with Crippen molar-refractivity contribution in [3.63, 3.8) is 0 Å². The van der Waals surface area contributed by atoms with Crippen LogP contribution in [0.15, 0.2) is 40.9 Å². The quantitative estimate of drug-likeness (QED) is 0.693. The third-order valence-corrected chi connectivity index (χ3v) is 4.54. The first-order valence-electron chi connectivity index (χ1n) is 6.86. The van der Waals surface area contributed by atoms with Crippen LogP contribution in [0.2, 0.25) is 0 Å². The highest BCUT2D eigenvalue weighted by molar-refractivity contribution is 9.10. The molecule has 0 saturated heterocycles. The molecule has 1 aliphatic carbocycles. The molecule has 3 aromatic rings. The molecule has 0 unspecified atom stereocenters. The molecule has 2 aromatic carbocycles. The molecule has 21 heavy (non-hydrogen) atoms. The highest BCUT2D eigenvalue weighted by Crippen LogP contribution is 2.41. The van der Waals surface area contributed by atoms with Crippen molar-refractivity contribution in [2.24, 2.45) is 0 Å². The van der Waals surface area contributed by atoms with Gasteiger partial charge in [-0.1, -0.05) is 0 Å². The number of anilines is 1. The molecule has 3 nitrogen and oxygen atoms in total. The molecule has 106 valence electrons. The average molecular weight is 346 g/mol. The number of aromatic nitrogens is 2. The normalized spacial score (nSPS) is 14.8. The van der Waals surface area contributed by atoms with Crippen molar-refractivity contribution in [3.8, 4) is 11.4 Å². The van der Waals surface area contributed by atoms with Crippen molar-refractivity contribution in [2.45, 2.75) is 18.9 Å². The van der Waals surface area contributed by atoms with Gasteiger partial charge in [-0.15, -0.1) is 0 Å². The van der Waals surface area contributed by atoms with Gasteiger partial charge < -0.3 is 10.3 Å². The molecule has 0 amide bonds. The third-order valence-electron chi connectivity index (χ3n) is 3.82. The van der Waals surface area contributed by atoms with Crippen LogP contribution in [-0.4, -0.2) is 9.55 Å². The van der Waals surface area contributed by atoms with E-state index in [0.29, 0.717) is 17.2 Å². The first kappa shape index (κ1) is 12.8. The second-order valence-electron chi connectivity index (χ2n) is 5.41. The maximum absolute atomic E-state index is 13.4. The zero-order valence-electron chi connectivity index (χ0n) is 11.2. The Hall–Kier alpha value is -1.88. The largest absolute Gasteiger partial charge is 0.398 e. The van der Waals surface area contributed by atoms with E-state index in [9.17, 15) is 4.39 Å². The maximum Gasteiger partial charge on any atom is 0.141 e. The Kier molecular flexibility index (Phi) is 2.79. The molecule has 1 aromatic heterocycles. The topological polar surface area (TPSA) is 43.8 Å². The molecule has 2 N–H and O–H groups in total. The molecular weight excluding hydrogens is 333 g/mol. The predicted molar refractivity (Wildman–Crippen MR) is 85.5 cm³/mol. The monoisotopic (exact) mass is 345 g/mol. The number of nitrogens with two attached hydrogens (primary N) is 1. The predicted octanol–water partition coefficient (Wildman–Crippen LogP) is 4.52. The molecule has 0 bridgehead atoms. The van der Waals surface area contributed by atoms with Crippen molar-refractivity contribution in [1.29, 1.82) is 0 Å². The van der Waals surface area contributed by atoms with E-state index in [4.69, 9.17) is 5.73 Å². The first-order valence-corrected chi connectivity index (χ1v) is 7.65. The smallest absolute Gasteiger partial charge is 0.141 e. The van der Waals surface area contributed by atoms with Gasteiger partial charge >= 0.3 is 0 Å². The van der Waals surface area contributed by atoms with Crippen LogP contribution in [0.5, 0.6) is 0 Å². The molecule has 1 aliphatic rings. The molecular formula is C16H13BrFN3. The molecule has 0 radical (unpaired) electrons. The van der Waals surface area contributed by atoms with E-state index in [1.165, 1.54) is 12.1 Å². The Morgan fingerprint density at radius 1 is 1.19 bits per heavy atom. The van der Waals surface area contributed by atoms with Gasteiger partial charge in [0, 0.05) is 27.8 Å². The Morgan fingerprint density at radius 2 is 2.00 bits per heavy atom. The van der Waals surface area contributed by atoms with Crippen LogP contribution in [0.3, 0.4) is 0 Å². The summed E-state index contributed by atoms with van der Waals surface area (Å²) < 4.78 is 16.5. The average Bonchev–Trinajstić information content (AvgIpc) is 3.22. The fraction of sp³-hybridized carbons (Fsp3) is 0.188. The lowest BCUT2D eigenvalue weighted by atomic mass is 10.2. The Bertz CT molecular complexity index is 852. The van der Waals surface area contributed by atoms with E-state index in [1.54, 1.807) is 0 Å². The fourth-order valence-electron chi connectivity index (χ4n) is 2.66. The van der Waals surface area contributed by atoms with Gasteiger partial charge in [-0.25, -0.2) is 9.37 Å². The van der Waals surface area contributed by atoms with Gasteiger partial charge in [0.1, 0.15) is 11.6 Å². The van der Waals surface area contributed by atoms with E-state index >= 15 is 0 Å². The van der Waals surface area contributed by atoms with Crippen LogP contribution in [-0.2, 0) is 0 Å². The summed E-state index contributed by atoms with van der Waals surface area (Å²) in [6.45, 7) is 0. The van der Waals surface area contributed by atoms with Crippen LogP contribution >= 0.6 is 15.9 Å². The maximum atomic E-state index is 13.4. The fourth-order valence-corrected chi connectivity index (χ4v) is 2.91. The summed E-state index contributed by atoms with van der Waals surface area (Å²) in [5.74, 6) is 0.599. The lowest BCUT2D eigenvalue weighted by molar-refractivity contribution is 0.629. The molecule has 0 atom stereocenters. The van der Waals surface area contributed by atoms with E-state index in [2.05, 4.69) is 25.5 Å². The highest BCUT2D eigenvalue weighted by atomic mass is 79.9. The van der Waals surface area contributed by atoms with Gasteiger partial charge in [-0.05, 0) is 59.1 Å². The Morgan fingerprint density at radius 3 is 2.71 bits per heavy atom. The van der Waals surface area contributed by atoms with E-state index in [0.717, 1.165) is 34.2 Å². The van der Waals surface area contributed by atoms with Crippen LogP contribution in [0, 0.1) is 5.82 Å². The van der Waals surface area contributed by atoms with E-state index < -0.39 is 0 Å². The number of hydrogen-bond donors (Lipinski definition) is 1. The number of fused-ring (bicyclic) bond motifs is 1. The summed E-state index contributed by atoms with van der Waals surface area (Å²) in [6.07, 6.45) is 2.28. The first-order chi connectivity index (χ1) is 10.1. The molecule has 4 rings (SSSR count). The van der Waals surface area contributed by atoms with Gasteiger partial charge in [0.25, 0.3) is 0 Å². The third kappa shape index (κ3) is 2.12. The number of nitrogen functional groups attached to an aromatic ring is 1. The van der Waals surface area contributed by atoms with Crippen molar-refractivity contribution in [1.82, 2.24) is 9.55 Å². The van der Waals surface area contributed by atoms with Gasteiger partial charge in [0.15, 0.2) is 0 Å². The SMILES string of the molecule is Nc1cc(-c2nc3cc(F)ccc3n2C2CC2)ccc1Br. The van der Waals surface area contributed by atoms with E-state index in [-0.39, 0.29) is 5.82 Å². The molecule has 1 saturated carbocycles. The Balaban J connectivity index is 1.98. The highest BCUT2D eigenvalue weighted by Gasteiger charge is 2.28. The zero-order valence-corrected chi connectivity index (χ0v) is 12.8. The molecule has 1 heterocycles. The van der Waals surface area contributed by atoms with Crippen LogP contribution < -0.4 is 5.73 Å². The second-order valence-corrected chi connectivity index (χ2v) is 6.26. The summed E-state index contributed by atoms with van der Waals surface area (Å²) in [5.41, 5.74) is 9.28. The van der Waals surface area contributed by atoms with Crippen molar-refractivity contribution in [3.05, 3.63) is 46.7 Å². The number of nitrogens with zero attached hydrogens (tertiary/aromatic N) is 2. The minimum absolute atomic E-state index is 0.259. The van der Waals surface area contributed by atoms with Crippen molar-refractivity contribution in [2.75, 3.05) is 5.73 Å². The molecule has 5 heteroatoms. The van der Waals surface area contributed by atoms with Gasteiger partial charge in [0.05, 0.1) is 11.0 Å². The second kappa shape index (κ2) is 4.56. The van der Waals surface area contributed by atoms with Crippen molar-refractivity contribution < 1.29 is 4.39 Å². The summed E-state index contributed by atoms with van der Waals surface area (Å²) in [7, 11) is 0. The van der Waals surface area contributed by atoms with Crippen molar-refractivity contribution >= 4 is 32.7 Å². The number of benzene rings is 2. The Labute approximate surface area is 129 Å². The summed E-state index contributed by atoms with van der Waals surface area (Å²) >= 11 is 3.40. The minimum Gasteiger partial charge on any atom is -0.398 e. The number of imidazole rings is 1. The lowest BCUT2D eigenvalue weighted by Gasteiger charge is -2.09. The summed E-state index contributed by atoms with van der Waals surface area (Å²) in [6, 6.07) is 11.0. The van der Waals surface area contributed by atoms with E-state index in [1.807, 2.05) is 24.3 Å².